The van der Waals surface area contributed by atoms with Gasteiger partial charge in [-0.15, -0.1) is 0 Å². The van der Waals surface area contributed by atoms with Gasteiger partial charge in [-0.2, -0.15) is 5.10 Å². The molecule has 7 nitrogen and oxygen atoms in total. The number of hydrogen-bond donors (Lipinski definition) is 2. The maximum absolute atomic E-state index is 11.8. The van der Waals surface area contributed by atoms with Crippen LogP contribution in [0, 0.1) is 0 Å². The molecule has 23 heavy (non-hydrogen) atoms. The van der Waals surface area contributed by atoms with Crippen LogP contribution in [0.25, 0.3) is 10.8 Å². The number of benzene rings is 1. The maximum Gasteiger partial charge on any atom is 0.312 e. The van der Waals surface area contributed by atoms with Crippen molar-refractivity contribution in [1.29, 1.82) is 0 Å². The first kappa shape index (κ1) is 16.7. The lowest BCUT2D eigenvalue weighted by atomic mass is 10.1. The van der Waals surface area contributed by atoms with Gasteiger partial charge >= 0.3 is 5.97 Å². The summed E-state index contributed by atoms with van der Waals surface area (Å²) in [5.41, 5.74) is 0.101. The van der Waals surface area contributed by atoms with E-state index in [1.165, 1.54) is 0 Å². The topological polar surface area (TPSA) is 101 Å². The Balaban J connectivity index is 1.95. The lowest BCUT2D eigenvalue weighted by Crippen LogP contribution is -2.30. The normalized spacial score (nSPS) is 10.5. The largest absolute Gasteiger partial charge is 0.455 e. The smallest absolute Gasteiger partial charge is 0.312 e. The van der Waals surface area contributed by atoms with Gasteiger partial charge in [0.25, 0.3) is 11.5 Å². The molecule has 0 aliphatic rings. The Morgan fingerprint density at radius 2 is 2.00 bits per heavy atom. The fraction of sp³-hybridized carbons (Fsp3) is 0.375. The Bertz CT molecular complexity index is 754. The number of rotatable bonds is 7. The Morgan fingerprint density at radius 1 is 1.26 bits per heavy atom. The lowest BCUT2D eigenvalue weighted by Gasteiger charge is -2.07. The highest BCUT2D eigenvalue weighted by atomic mass is 16.5. The van der Waals surface area contributed by atoms with E-state index in [-0.39, 0.29) is 24.5 Å². The van der Waals surface area contributed by atoms with Crippen molar-refractivity contribution in [2.45, 2.75) is 26.2 Å². The molecule has 1 aromatic heterocycles. The van der Waals surface area contributed by atoms with Crippen LogP contribution in [-0.4, -0.2) is 35.2 Å². The van der Waals surface area contributed by atoms with E-state index in [1.54, 1.807) is 24.3 Å². The van der Waals surface area contributed by atoms with E-state index in [9.17, 15) is 14.4 Å². The van der Waals surface area contributed by atoms with Crippen LogP contribution < -0.4 is 10.9 Å². The van der Waals surface area contributed by atoms with Crippen molar-refractivity contribution in [1.82, 2.24) is 15.5 Å². The zero-order valence-corrected chi connectivity index (χ0v) is 12.9. The van der Waals surface area contributed by atoms with Crippen molar-refractivity contribution >= 4 is 22.6 Å². The van der Waals surface area contributed by atoms with Gasteiger partial charge in [0.05, 0.1) is 17.5 Å². The second kappa shape index (κ2) is 8.07. The number of fused-ring (bicyclic) bond motifs is 1. The van der Waals surface area contributed by atoms with Gasteiger partial charge in [0, 0.05) is 11.9 Å². The predicted octanol–water partition coefficient (Wildman–Crippen LogP) is 0.925. The number of esters is 1. The minimum atomic E-state index is -0.569. The van der Waals surface area contributed by atoms with Crippen LogP contribution in [0.4, 0.5) is 0 Å². The third kappa shape index (κ3) is 4.64. The van der Waals surface area contributed by atoms with E-state index in [1.807, 2.05) is 6.92 Å². The number of aromatic amines is 1. The van der Waals surface area contributed by atoms with Crippen molar-refractivity contribution in [3.05, 3.63) is 40.3 Å². The van der Waals surface area contributed by atoms with E-state index in [2.05, 4.69) is 15.5 Å². The number of aromatic nitrogens is 2. The second-order valence-electron chi connectivity index (χ2n) is 5.09. The molecule has 2 aromatic rings. The first-order valence-electron chi connectivity index (χ1n) is 7.50. The molecule has 0 radical (unpaired) electrons. The number of amides is 1. The van der Waals surface area contributed by atoms with Crippen LogP contribution in [0.5, 0.6) is 0 Å². The quantitative estimate of drug-likeness (QED) is 0.584. The minimum absolute atomic E-state index is 0.112. The summed E-state index contributed by atoms with van der Waals surface area (Å²) in [5, 5.41) is 9.97. The Labute approximate surface area is 133 Å². The Morgan fingerprint density at radius 3 is 2.74 bits per heavy atom. The number of H-pyrrole nitrogens is 1. The molecule has 1 heterocycles. The minimum Gasteiger partial charge on any atom is -0.455 e. The lowest BCUT2D eigenvalue weighted by molar-refractivity contribution is -0.147. The van der Waals surface area contributed by atoms with Gasteiger partial charge < -0.3 is 10.1 Å². The average molecular weight is 317 g/mol. The molecule has 0 unspecified atom stereocenters. The zero-order valence-electron chi connectivity index (χ0n) is 12.9. The molecule has 2 rings (SSSR count). The number of nitrogens with zero attached hydrogens (tertiary/aromatic N) is 1. The summed E-state index contributed by atoms with van der Waals surface area (Å²) < 4.78 is 4.93. The van der Waals surface area contributed by atoms with E-state index < -0.39 is 5.97 Å². The van der Waals surface area contributed by atoms with Crippen LogP contribution in [0.15, 0.2) is 29.1 Å². The van der Waals surface area contributed by atoms with Gasteiger partial charge in [-0.3, -0.25) is 14.4 Å². The van der Waals surface area contributed by atoms with Crippen molar-refractivity contribution in [3.8, 4) is 0 Å². The number of ether oxygens (including phenoxy) is 1. The fourth-order valence-electron chi connectivity index (χ4n) is 2.10. The molecule has 122 valence electrons. The fourth-order valence-corrected chi connectivity index (χ4v) is 2.10. The van der Waals surface area contributed by atoms with E-state index >= 15 is 0 Å². The summed E-state index contributed by atoms with van der Waals surface area (Å²) >= 11 is 0. The SMILES string of the molecule is CCCCNC(=O)COC(=O)Cc1n[nH]c(=O)c2ccccc12. The van der Waals surface area contributed by atoms with E-state index in [0.29, 0.717) is 23.0 Å². The third-order valence-corrected chi connectivity index (χ3v) is 3.30. The number of unbranched alkanes of at least 4 members (excludes halogenated alkanes) is 1. The highest BCUT2D eigenvalue weighted by molar-refractivity contribution is 5.87. The molecule has 1 aromatic carbocycles. The van der Waals surface area contributed by atoms with Gasteiger partial charge in [0.2, 0.25) is 0 Å². The standard InChI is InChI=1S/C16H19N3O4/c1-2-3-8-17-14(20)10-23-15(21)9-13-11-6-4-5-7-12(11)16(22)19-18-13/h4-7H,2-3,8-10H2,1H3,(H,17,20)(H,19,22). The summed E-state index contributed by atoms with van der Waals surface area (Å²) in [6.07, 6.45) is 1.75. The van der Waals surface area contributed by atoms with E-state index in [0.717, 1.165) is 12.8 Å². The van der Waals surface area contributed by atoms with Gasteiger partial charge in [-0.1, -0.05) is 31.5 Å². The predicted molar refractivity (Wildman–Crippen MR) is 84.9 cm³/mol. The highest BCUT2D eigenvalue weighted by Gasteiger charge is 2.13. The average Bonchev–Trinajstić information content (AvgIpc) is 2.56. The van der Waals surface area contributed by atoms with Crippen molar-refractivity contribution in [3.63, 3.8) is 0 Å². The Kier molecular flexibility index (Phi) is 5.85. The van der Waals surface area contributed by atoms with Crippen molar-refractivity contribution in [2.24, 2.45) is 0 Å². The highest BCUT2D eigenvalue weighted by Crippen LogP contribution is 2.13. The van der Waals surface area contributed by atoms with Crippen LogP contribution in [0.1, 0.15) is 25.5 Å². The van der Waals surface area contributed by atoms with Gasteiger partial charge in [-0.05, 0) is 12.5 Å². The summed E-state index contributed by atoms with van der Waals surface area (Å²) in [6.45, 7) is 2.27. The first-order chi connectivity index (χ1) is 11.1. The molecule has 0 fully saturated rings. The maximum atomic E-state index is 11.8. The number of hydrogen-bond acceptors (Lipinski definition) is 5. The number of carbonyl (C=O) groups is 2. The summed E-state index contributed by atoms with van der Waals surface area (Å²) in [6, 6.07) is 6.88. The van der Waals surface area contributed by atoms with Crippen LogP contribution >= 0.6 is 0 Å². The van der Waals surface area contributed by atoms with Crippen molar-refractivity contribution < 1.29 is 14.3 Å². The summed E-state index contributed by atoms with van der Waals surface area (Å²) in [7, 11) is 0. The molecular formula is C16H19N3O4. The monoisotopic (exact) mass is 317 g/mol. The molecule has 0 bridgehead atoms. The molecule has 0 aliphatic carbocycles. The summed E-state index contributed by atoms with van der Waals surface area (Å²) in [5.74, 6) is -0.897. The van der Waals surface area contributed by atoms with Crippen LogP contribution in [0.3, 0.4) is 0 Å². The number of nitrogens with one attached hydrogen (secondary N) is 2. The molecule has 0 aliphatic heterocycles. The third-order valence-electron chi connectivity index (χ3n) is 3.30. The number of carbonyl (C=O) groups excluding carboxylic acids is 2. The molecular weight excluding hydrogens is 298 g/mol. The zero-order chi connectivity index (χ0) is 16.7. The molecule has 7 heteroatoms. The van der Waals surface area contributed by atoms with Crippen molar-refractivity contribution in [2.75, 3.05) is 13.2 Å². The van der Waals surface area contributed by atoms with Gasteiger partial charge in [0.15, 0.2) is 6.61 Å². The molecule has 2 N–H and O–H groups in total. The molecule has 0 atom stereocenters. The van der Waals surface area contributed by atoms with Gasteiger partial charge in [-0.25, -0.2) is 5.10 Å². The van der Waals surface area contributed by atoms with E-state index in [4.69, 9.17) is 4.74 Å². The Hall–Kier alpha value is -2.70. The summed E-state index contributed by atoms with van der Waals surface area (Å²) in [4.78, 5) is 35.0. The molecule has 0 spiro atoms. The molecule has 0 saturated heterocycles. The molecule has 0 saturated carbocycles. The molecule has 1 amide bonds. The first-order valence-corrected chi connectivity index (χ1v) is 7.50. The van der Waals surface area contributed by atoms with Crippen LogP contribution in [-0.2, 0) is 20.7 Å². The van der Waals surface area contributed by atoms with Gasteiger partial charge in [0.1, 0.15) is 0 Å². The second-order valence-corrected chi connectivity index (χ2v) is 5.09. The van der Waals surface area contributed by atoms with Crippen LogP contribution in [0.2, 0.25) is 0 Å².